The monoisotopic (exact) mass is 492 g/mol. The van der Waals surface area contributed by atoms with Gasteiger partial charge in [-0.05, 0) is 39.6 Å². The topological polar surface area (TPSA) is 105 Å². The van der Waals surface area contributed by atoms with Crippen molar-refractivity contribution in [1.29, 1.82) is 0 Å². The number of carboxylic acid groups (broad SMARTS) is 1. The second-order valence-electron chi connectivity index (χ2n) is 8.88. The summed E-state index contributed by atoms with van der Waals surface area (Å²) in [5.41, 5.74) is 4.53. The van der Waals surface area contributed by atoms with Crippen LogP contribution < -0.4 is 10.6 Å². The molecule has 182 valence electrons. The van der Waals surface area contributed by atoms with Crippen LogP contribution in [0.15, 0.2) is 66.0 Å². The highest BCUT2D eigenvalue weighted by Gasteiger charge is 2.30. The molecule has 0 saturated heterocycles. The molecule has 1 aromatic heterocycles. The van der Waals surface area contributed by atoms with Crippen molar-refractivity contribution in [3.05, 3.63) is 82.0 Å². The van der Waals surface area contributed by atoms with Gasteiger partial charge in [0.15, 0.2) is 6.04 Å². The third-order valence-electron chi connectivity index (χ3n) is 6.24. The summed E-state index contributed by atoms with van der Waals surface area (Å²) >= 11 is 1.26. The summed E-state index contributed by atoms with van der Waals surface area (Å²) in [7, 11) is 0. The standard InChI is InChI=1S/C27H28N2O5S/c1-16(2)22(14-24(30)29-25(26(31)32)23-12-7-13-35-23)28-27(33)34-15-21-19-10-5-3-8-17(19)18-9-4-6-11-20(18)21/h3-13,16,21-22,25H,14-15H2,1-2H3,(H,28,33)(H,29,30)(H,31,32)/t22-,25?/m1/s1. The first-order valence-corrected chi connectivity index (χ1v) is 12.4. The minimum atomic E-state index is -1.13. The van der Waals surface area contributed by atoms with E-state index in [1.807, 2.05) is 38.1 Å². The van der Waals surface area contributed by atoms with Crippen LogP contribution in [0.4, 0.5) is 4.79 Å². The maximum Gasteiger partial charge on any atom is 0.407 e. The SMILES string of the molecule is CC(C)[C@@H](CC(=O)NC(C(=O)O)c1cccs1)NC(=O)OCC1c2ccccc2-c2ccccc21. The fourth-order valence-electron chi connectivity index (χ4n) is 4.37. The van der Waals surface area contributed by atoms with Crippen LogP contribution in [0.25, 0.3) is 11.1 Å². The number of carboxylic acids is 1. The van der Waals surface area contributed by atoms with Gasteiger partial charge in [-0.1, -0.05) is 68.4 Å². The lowest BCUT2D eigenvalue weighted by Crippen LogP contribution is -2.44. The summed E-state index contributed by atoms with van der Waals surface area (Å²) in [5, 5.41) is 16.6. The number of hydrogen-bond donors (Lipinski definition) is 3. The number of carbonyl (C=O) groups is 3. The molecule has 1 aliphatic rings. The predicted octanol–water partition coefficient (Wildman–Crippen LogP) is 4.94. The first-order valence-electron chi connectivity index (χ1n) is 11.5. The molecule has 4 rings (SSSR count). The van der Waals surface area contributed by atoms with Crippen molar-refractivity contribution in [1.82, 2.24) is 10.6 Å². The van der Waals surface area contributed by atoms with Crippen LogP contribution in [-0.4, -0.2) is 35.7 Å². The highest BCUT2D eigenvalue weighted by molar-refractivity contribution is 7.10. The first kappa shape index (κ1) is 24.5. The molecular weight excluding hydrogens is 464 g/mol. The van der Waals surface area contributed by atoms with E-state index >= 15 is 0 Å². The lowest BCUT2D eigenvalue weighted by molar-refractivity contribution is -0.142. The molecule has 35 heavy (non-hydrogen) atoms. The zero-order valence-electron chi connectivity index (χ0n) is 19.6. The Hall–Kier alpha value is -3.65. The predicted molar refractivity (Wildman–Crippen MR) is 134 cm³/mol. The third-order valence-corrected chi connectivity index (χ3v) is 7.17. The molecule has 0 bridgehead atoms. The van der Waals surface area contributed by atoms with Gasteiger partial charge in [-0.25, -0.2) is 9.59 Å². The summed E-state index contributed by atoms with van der Waals surface area (Å²) in [4.78, 5) is 37.5. The number of benzene rings is 2. The molecule has 7 nitrogen and oxygen atoms in total. The van der Waals surface area contributed by atoms with E-state index in [1.165, 1.54) is 11.3 Å². The smallest absolute Gasteiger partial charge is 0.407 e. The van der Waals surface area contributed by atoms with Gasteiger partial charge in [-0.2, -0.15) is 0 Å². The number of fused-ring (bicyclic) bond motifs is 3. The molecule has 0 saturated carbocycles. The number of carbonyl (C=O) groups excluding carboxylic acids is 2. The molecule has 1 aliphatic carbocycles. The summed E-state index contributed by atoms with van der Waals surface area (Å²) in [6, 6.07) is 18.0. The van der Waals surface area contributed by atoms with E-state index in [1.54, 1.807) is 17.5 Å². The van der Waals surface area contributed by atoms with Crippen LogP contribution in [0.2, 0.25) is 0 Å². The number of amides is 2. The maximum absolute atomic E-state index is 12.7. The van der Waals surface area contributed by atoms with Gasteiger partial charge in [0, 0.05) is 23.3 Å². The number of nitrogens with one attached hydrogen (secondary N) is 2. The average molecular weight is 493 g/mol. The van der Waals surface area contributed by atoms with E-state index in [-0.39, 0.29) is 24.9 Å². The Labute approximate surface area is 208 Å². The zero-order chi connectivity index (χ0) is 24.9. The summed E-state index contributed by atoms with van der Waals surface area (Å²) in [6.07, 6.45) is -0.664. The molecule has 2 aromatic carbocycles. The third kappa shape index (κ3) is 5.54. The van der Waals surface area contributed by atoms with E-state index in [9.17, 15) is 19.5 Å². The molecule has 0 fully saturated rings. The number of ether oxygens (including phenoxy) is 1. The van der Waals surface area contributed by atoms with E-state index < -0.39 is 30.1 Å². The van der Waals surface area contributed by atoms with E-state index in [2.05, 4.69) is 34.9 Å². The quantitative estimate of drug-likeness (QED) is 0.392. The van der Waals surface area contributed by atoms with Crippen LogP contribution in [-0.2, 0) is 14.3 Å². The Morgan fingerprint density at radius 2 is 1.57 bits per heavy atom. The lowest BCUT2D eigenvalue weighted by Gasteiger charge is -2.23. The van der Waals surface area contributed by atoms with Gasteiger partial charge in [-0.3, -0.25) is 4.79 Å². The van der Waals surface area contributed by atoms with Crippen molar-refractivity contribution in [2.24, 2.45) is 5.92 Å². The Morgan fingerprint density at radius 1 is 0.943 bits per heavy atom. The fourth-order valence-corrected chi connectivity index (χ4v) is 5.14. The van der Waals surface area contributed by atoms with Crippen molar-refractivity contribution < 1.29 is 24.2 Å². The number of hydrogen-bond acceptors (Lipinski definition) is 5. The largest absolute Gasteiger partial charge is 0.479 e. The van der Waals surface area contributed by atoms with Crippen molar-refractivity contribution >= 4 is 29.3 Å². The van der Waals surface area contributed by atoms with Gasteiger partial charge in [0.2, 0.25) is 5.91 Å². The molecular formula is C27H28N2O5S. The number of rotatable bonds is 9. The van der Waals surface area contributed by atoms with Crippen LogP contribution >= 0.6 is 11.3 Å². The van der Waals surface area contributed by atoms with E-state index in [4.69, 9.17) is 4.74 Å². The molecule has 1 heterocycles. The zero-order valence-corrected chi connectivity index (χ0v) is 20.4. The van der Waals surface area contributed by atoms with Gasteiger partial charge in [-0.15, -0.1) is 11.3 Å². The van der Waals surface area contributed by atoms with Gasteiger partial charge < -0.3 is 20.5 Å². The van der Waals surface area contributed by atoms with Crippen LogP contribution in [0.1, 0.15) is 48.2 Å². The highest BCUT2D eigenvalue weighted by atomic mass is 32.1. The number of thiophene rings is 1. The average Bonchev–Trinajstić information content (AvgIpc) is 3.47. The minimum Gasteiger partial charge on any atom is -0.479 e. The number of alkyl carbamates (subject to hydrolysis) is 1. The molecule has 2 atom stereocenters. The Morgan fingerprint density at radius 3 is 2.11 bits per heavy atom. The summed E-state index contributed by atoms with van der Waals surface area (Å²) in [5.74, 6) is -1.71. The van der Waals surface area contributed by atoms with Crippen LogP contribution in [0.3, 0.4) is 0 Å². The first-order chi connectivity index (χ1) is 16.8. The van der Waals surface area contributed by atoms with Crippen molar-refractivity contribution in [2.75, 3.05) is 6.61 Å². The van der Waals surface area contributed by atoms with Crippen molar-refractivity contribution in [3.63, 3.8) is 0 Å². The van der Waals surface area contributed by atoms with Crippen molar-refractivity contribution in [3.8, 4) is 11.1 Å². The summed E-state index contributed by atoms with van der Waals surface area (Å²) < 4.78 is 5.61. The van der Waals surface area contributed by atoms with Gasteiger partial charge >= 0.3 is 12.1 Å². The maximum atomic E-state index is 12.7. The van der Waals surface area contributed by atoms with Crippen LogP contribution in [0.5, 0.6) is 0 Å². The molecule has 0 radical (unpaired) electrons. The van der Waals surface area contributed by atoms with Crippen molar-refractivity contribution in [2.45, 2.75) is 38.3 Å². The Kier molecular flexibility index (Phi) is 7.51. The van der Waals surface area contributed by atoms with Gasteiger partial charge in [0.25, 0.3) is 0 Å². The van der Waals surface area contributed by atoms with E-state index in [0.717, 1.165) is 22.3 Å². The molecule has 2 amide bonds. The minimum absolute atomic E-state index is 0.0585. The molecule has 3 aromatic rings. The molecule has 0 aliphatic heterocycles. The second kappa shape index (κ2) is 10.7. The van der Waals surface area contributed by atoms with Crippen LogP contribution in [0, 0.1) is 5.92 Å². The fraction of sp³-hybridized carbons (Fsp3) is 0.296. The number of aliphatic carboxylic acids is 1. The molecule has 1 unspecified atom stereocenters. The normalized spacial score (nSPS) is 14.0. The lowest BCUT2D eigenvalue weighted by atomic mass is 9.98. The Balaban J connectivity index is 1.36. The molecule has 0 spiro atoms. The van der Waals surface area contributed by atoms with E-state index in [0.29, 0.717) is 4.88 Å². The van der Waals surface area contributed by atoms with Gasteiger partial charge in [0.05, 0.1) is 0 Å². The van der Waals surface area contributed by atoms with Gasteiger partial charge in [0.1, 0.15) is 6.61 Å². The molecule has 8 heteroatoms. The highest BCUT2D eigenvalue weighted by Crippen LogP contribution is 2.44. The molecule has 3 N–H and O–H groups in total. The second-order valence-corrected chi connectivity index (χ2v) is 9.86. The Bertz CT molecular complexity index is 1160. The summed E-state index contributed by atoms with van der Waals surface area (Å²) in [6.45, 7) is 3.95.